The topological polar surface area (TPSA) is 61.4 Å². The Morgan fingerprint density at radius 2 is 2.27 bits per heavy atom. The first-order valence-electron chi connectivity index (χ1n) is 5.73. The minimum absolute atomic E-state index is 0.0152. The van der Waals surface area contributed by atoms with Crippen LogP contribution >= 0.6 is 0 Å². The number of carbonyl (C=O) groups is 1. The first-order valence-corrected chi connectivity index (χ1v) is 5.73. The molecular formula is C11H20N2O2. The van der Waals surface area contributed by atoms with E-state index in [1.54, 1.807) is 0 Å². The Labute approximate surface area is 90.4 Å². The predicted octanol–water partition coefficient (Wildman–Crippen LogP) is 0.0140. The maximum atomic E-state index is 11.8. The molecule has 0 aromatic heterocycles. The van der Waals surface area contributed by atoms with E-state index in [1.165, 1.54) is 0 Å². The molecule has 0 aromatic carbocycles. The van der Waals surface area contributed by atoms with Crippen molar-refractivity contribution in [3.8, 4) is 0 Å². The highest BCUT2D eigenvalue weighted by molar-refractivity contribution is 5.82. The van der Waals surface area contributed by atoms with E-state index in [-0.39, 0.29) is 29.5 Å². The van der Waals surface area contributed by atoms with Crippen LogP contribution in [0.4, 0.5) is 0 Å². The van der Waals surface area contributed by atoms with Crippen molar-refractivity contribution in [2.75, 3.05) is 6.54 Å². The van der Waals surface area contributed by atoms with Crippen LogP contribution < -0.4 is 10.6 Å². The minimum Gasteiger partial charge on any atom is -0.392 e. The van der Waals surface area contributed by atoms with E-state index in [4.69, 9.17) is 0 Å². The maximum absolute atomic E-state index is 11.8. The van der Waals surface area contributed by atoms with Crippen LogP contribution in [0.15, 0.2) is 0 Å². The van der Waals surface area contributed by atoms with Crippen molar-refractivity contribution in [3.63, 3.8) is 0 Å². The molecule has 2 fully saturated rings. The summed E-state index contributed by atoms with van der Waals surface area (Å²) < 4.78 is 0. The fourth-order valence-electron chi connectivity index (χ4n) is 2.33. The summed E-state index contributed by atoms with van der Waals surface area (Å²) in [6.45, 7) is 4.93. The highest BCUT2D eigenvalue weighted by atomic mass is 16.3. The first kappa shape index (κ1) is 10.9. The number of carbonyl (C=O) groups excluding carboxylic acids is 1. The summed E-state index contributed by atoms with van der Waals surface area (Å²) in [7, 11) is 0. The van der Waals surface area contributed by atoms with Gasteiger partial charge in [0, 0.05) is 11.5 Å². The SMILES string of the molecule is CC1(C)C(O)CC1NC(=O)[C@H]1CCCN1. The van der Waals surface area contributed by atoms with Crippen molar-refractivity contribution in [2.24, 2.45) is 5.41 Å². The van der Waals surface area contributed by atoms with E-state index in [0.29, 0.717) is 6.42 Å². The molecule has 86 valence electrons. The Hall–Kier alpha value is -0.610. The molecule has 3 atom stereocenters. The molecule has 15 heavy (non-hydrogen) atoms. The molecule has 1 heterocycles. The lowest BCUT2D eigenvalue weighted by molar-refractivity contribution is -0.130. The molecule has 2 rings (SSSR count). The molecule has 0 radical (unpaired) electrons. The molecule has 1 saturated heterocycles. The van der Waals surface area contributed by atoms with Crippen molar-refractivity contribution < 1.29 is 9.90 Å². The van der Waals surface area contributed by atoms with Gasteiger partial charge in [-0.2, -0.15) is 0 Å². The minimum atomic E-state index is -0.278. The van der Waals surface area contributed by atoms with E-state index in [1.807, 2.05) is 13.8 Å². The highest BCUT2D eigenvalue weighted by Gasteiger charge is 2.48. The average molecular weight is 212 g/mol. The van der Waals surface area contributed by atoms with Gasteiger partial charge in [0.05, 0.1) is 12.1 Å². The molecule has 3 N–H and O–H groups in total. The molecule has 1 amide bonds. The number of rotatable bonds is 2. The number of hydrogen-bond acceptors (Lipinski definition) is 3. The average Bonchev–Trinajstić information content (AvgIpc) is 2.70. The zero-order chi connectivity index (χ0) is 11.1. The second-order valence-electron chi connectivity index (χ2n) is 5.28. The molecule has 4 nitrogen and oxygen atoms in total. The van der Waals surface area contributed by atoms with Gasteiger partial charge in [-0.05, 0) is 25.8 Å². The predicted molar refractivity (Wildman–Crippen MR) is 57.4 cm³/mol. The highest BCUT2D eigenvalue weighted by Crippen LogP contribution is 2.40. The van der Waals surface area contributed by atoms with Gasteiger partial charge in [0.15, 0.2) is 0 Å². The molecule has 2 unspecified atom stereocenters. The number of nitrogens with one attached hydrogen (secondary N) is 2. The van der Waals surface area contributed by atoms with Crippen molar-refractivity contribution in [1.29, 1.82) is 0 Å². The summed E-state index contributed by atoms with van der Waals surface area (Å²) in [4.78, 5) is 11.8. The van der Waals surface area contributed by atoms with Gasteiger partial charge in [-0.15, -0.1) is 0 Å². The van der Waals surface area contributed by atoms with Gasteiger partial charge < -0.3 is 15.7 Å². The summed E-state index contributed by atoms with van der Waals surface area (Å²) in [5.41, 5.74) is -0.172. The normalized spacial score (nSPS) is 38.5. The van der Waals surface area contributed by atoms with Crippen LogP contribution in [0.2, 0.25) is 0 Å². The summed E-state index contributed by atoms with van der Waals surface area (Å²) >= 11 is 0. The van der Waals surface area contributed by atoms with Crippen LogP contribution in [0.5, 0.6) is 0 Å². The van der Waals surface area contributed by atoms with Crippen molar-refractivity contribution in [3.05, 3.63) is 0 Å². The lowest BCUT2D eigenvalue weighted by Gasteiger charge is -2.49. The summed E-state index contributed by atoms with van der Waals surface area (Å²) in [5, 5.41) is 15.7. The second kappa shape index (κ2) is 3.76. The molecule has 1 aliphatic heterocycles. The lowest BCUT2D eigenvalue weighted by Crippen LogP contribution is -2.62. The third-order valence-corrected chi connectivity index (χ3v) is 3.91. The van der Waals surface area contributed by atoms with Crippen LogP contribution in [0.3, 0.4) is 0 Å². The summed E-state index contributed by atoms with van der Waals surface area (Å²) in [6, 6.07) is 0.112. The van der Waals surface area contributed by atoms with Crippen molar-refractivity contribution in [2.45, 2.75) is 51.3 Å². The van der Waals surface area contributed by atoms with Crippen molar-refractivity contribution >= 4 is 5.91 Å². The quantitative estimate of drug-likeness (QED) is 0.604. The molecule has 0 spiro atoms. The standard InChI is InChI=1S/C11H20N2O2/c1-11(2)8(6-9(11)14)13-10(15)7-4-3-5-12-7/h7-9,12,14H,3-6H2,1-2H3,(H,13,15)/t7-,8?,9?/m1/s1. The molecule has 0 bridgehead atoms. The Morgan fingerprint density at radius 1 is 1.53 bits per heavy atom. The van der Waals surface area contributed by atoms with Crippen molar-refractivity contribution in [1.82, 2.24) is 10.6 Å². The molecule has 1 aliphatic carbocycles. The summed E-state index contributed by atoms with van der Waals surface area (Å²) in [6.07, 6.45) is 2.42. The van der Waals surface area contributed by atoms with Gasteiger partial charge in [0.2, 0.25) is 5.91 Å². The Kier molecular flexibility index (Phi) is 2.73. The van der Waals surface area contributed by atoms with E-state index in [2.05, 4.69) is 10.6 Å². The fourth-order valence-corrected chi connectivity index (χ4v) is 2.33. The number of amides is 1. The second-order valence-corrected chi connectivity index (χ2v) is 5.28. The van der Waals surface area contributed by atoms with E-state index >= 15 is 0 Å². The molecule has 2 aliphatic rings. The van der Waals surface area contributed by atoms with Crippen LogP contribution in [0.1, 0.15) is 33.1 Å². The van der Waals surface area contributed by atoms with Gasteiger partial charge >= 0.3 is 0 Å². The third kappa shape index (κ3) is 1.88. The maximum Gasteiger partial charge on any atom is 0.237 e. The molecule has 1 saturated carbocycles. The van der Waals surface area contributed by atoms with Crippen LogP contribution in [0, 0.1) is 5.41 Å². The molecule has 0 aromatic rings. The lowest BCUT2D eigenvalue weighted by atomic mass is 9.64. The Balaban J connectivity index is 1.85. The Bertz CT molecular complexity index is 259. The monoisotopic (exact) mass is 212 g/mol. The Morgan fingerprint density at radius 3 is 2.73 bits per heavy atom. The number of aliphatic hydroxyl groups is 1. The largest absolute Gasteiger partial charge is 0.392 e. The zero-order valence-corrected chi connectivity index (χ0v) is 9.42. The third-order valence-electron chi connectivity index (χ3n) is 3.91. The summed E-state index contributed by atoms with van der Waals surface area (Å²) in [5.74, 6) is 0.0949. The van der Waals surface area contributed by atoms with Crippen LogP contribution in [0.25, 0.3) is 0 Å². The van der Waals surface area contributed by atoms with Gasteiger partial charge in [-0.3, -0.25) is 4.79 Å². The van der Waals surface area contributed by atoms with Gasteiger partial charge in [-0.25, -0.2) is 0 Å². The number of aliphatic hydroxyl groups excluding tert-OH is 1. The zero-order valence-electron chi connectivity index (χ0n) is 9.42. The molecular weight excluding hydrogens is 192 g/mol. The number of hydrogen-bond donors (Lipinski definition) is 3. The van der Waals surface area contributed by atoms with Crippen LogP contribution in [-0.4, -0.2) is 35.7 Å². The van der Waals surface area contributed by atoms with Crippen LogP contribution in [-0.2, 0) is 4.79 Å². The van der Waals surface area contributed by atoms with Gasteiger partial charge in [0.1, 0.15) is 0 Å². The van der Waals surface area contributed by atoms with E-state index in [0.717, 1.165) is 19.4 Å². The smallest absolute Gasteiger partial charge is 0.237 e. The first-order chi connectivity index (χ1) is 7.01. The van der Waals surface area contributed by atoms with Gasteiger partial charge in [-0.1, -0.05) is 13.8 Å². The van der Waals surface area contributed by atoms with Gasteiger partial charge in [0.25, 0.3) is 0 Å². The molecule has 4 heteroatoms. The van der Waals surface area contributed by atoms with E-state index in [9.17, 15) is 9.90 Å². The fraction of sp³-hybridized carbons (Fsp3) is 0.909. The van der Waals surface area contributed by atoms with E-state index < -0.39 is 0 Å².